The van der Waals surface area contributed by atoms with Crippen molar-refractivity contribution in [3.8, 4) is 0 Å². The predicted octanol–water partition coefficient (Wildman–Crippen LogP) is 2.77. The molecule has 0 saturated heterocycles. The minimum atomic E-state index is 0.488. The van der Waals surface area contributed by atoms with Crippen LogP contribution in [0.5, 0.6) is 0 Å². The summed E-state index contributed by atoms with van der Waals surface area (Å²) >= 11 is 0. The Morgan fingerprint density at radius 1 is 1.29 bits per heavy atom. The van der Waals surface area contributed by atoms with Gasteiger partial charge < -0.3 is 10.1 Å². The van der Waals surface area contributed by atoms with Crippen molar-refractivity contribution in [3.05, 3.63) is 35.9 Å². The summed E-state index contributed by atoms with van der Waals surface area (Å²) in [5, 5.41) is 3.74. The molecule has 0 heterocycles. The van der Waals surface area contributed by atoms with E-state index in [1.807, 2.05) is 7.11 Å². The Balaban J connectivity index is 1.78. The third-order valence-electron chi connectivity index (χ3n) is 3.72. The van der Waals surface area contributed by atoms with Gasteiger partial charge in [-0.2, -0.15) is 0 Å². The third kappa shape index (κ3) is 3.55. The third-order valence-corrected chi connectivity index (χ3v) is 3.72. The van der Waals surface area contributed by atoms with Crippen molar-refractivity contribution in [3.63, 3.8) is 0 Å². The second kappa shape index (κ2) is 6.18. The lowest BCUT2D eigenvalue weighted by atomic mass is 9.88. The average molecular weight is 233 g/mol. The predicted molar refractivity (Wildman–Crippen MR) is 71.2 cm³/mol. The van der Waals surface area contributed by atoms with E-state index in [4.69, 9.17) is 4.74 Å². The molecule has 1 aromatic rings. The highest BCUT2D eigenvalue weighted by atomic mass is 16.5. The Kier molecular flexibility index (Phi) is 4.57. The number of methoxy groups -OCH3 is 1. The molecule has 1 saturated carbocycles. The second-order valence-corrected chi connectivity index (χ2v) is 4.99. The first-order valence-corrected chi connectivity index (χ1v) is 6.64. The molecule has 0 amide bonds. The minimum absolute atomic E-state index is 0.488. The molecule has 1 aromatic carbocycles. The molecule has 0 spiro atoms. The molecule has 17 heavy (non-hydrogen) atoms. The van der Waals surface area contributed by atoms with Crippen LogP contribution in [-0.4, -0.2) is 25.3 Å². The van der Waals surface area contributed by atoms with E-state index in [2.05, 4.69) is 42.6 Å². The molecule has 1 aliphatic rings. The maximum atomic E-state index is 5.31. The quantitative estimate of drug-likeness (QED) is 0.816. The van der Waals surface area contributed by atoms with Gasteiger partial charge in [-0.1, -0.05) is 37.3 Å². The fourth-order valence-corrected chi connectivity index (χ4v) is 2.45. The number of nitrogens with one attached hydrogen (secondary N) is 1. The summed E-state index contributed by atoms with van der Waals surface area (Å²) in [6.07, 6.45) is 5.14. The summed E-state index contributed by atoms with van der Waals surface area (Å²) in [6, 6.07) is 12.0. The van der Waals surface area contributed by atoms with Gasteiger partial charge in [0, 0.05) is 19.2 Å². The first-order valence-electron chi connectivity index (χ1n) is 6.64. The molecule has 2 nitrogen and oxygen atoms in total. The van der Waals surface area contributed by atoms with Crippen LogP contribution in [0.1, 0.15) is 31.7 Å². The van der Waals surface area contributed by atoms with Crippen LogP contribution >= 0.6 is 0 Å². The molecule has 1 fully saturated rings. The highest BCUT2D eigenvalue weighted by molar-refractivity contribution is 5.16. The van der Waals surface area contributed by atoms with E-state index in [1.165, 1.54) is 24.8 Å². The molecule has 1 aliphatic carbocycles. The second-order valence-electron chi connectivity index (χ2n) is 4.99. The van der Waals surface area contributed by atoms with Gasteiger partial charge in [-0.15, -0.1) is 0 Å². The highest BCUT2D eigenvalue weighted by Crippen LogP contribution is 2.23. The van der Waals surface area contributed by atoms with Crippen molar-refractivity contribution in [2.24, 2.45) is 0 Å². The Bertz CT molecular complexity index is 319. The van der Waals surface area contributed by atoms with E-state index >= 15 is 0 Å². The van der Waals surface area contributed by atoms with Gasteiger partial charge in [0.25, 0.3) is 0 Å². The molecule has 0 aromatic heterocycles. The smallest absolute Gasteiger partial charge is 0.0601 e. The molecule has 1 atom stereocenters. The molecule has 0 bridgehead atoms. The van der Waals surface area contributed by atoms with Gasteiger partial charge in [-0.25, -0.2) is 0 Å². The van der Waals surface area contributed by atoms with Crippen LogP contribution in [0.15, 0.2) is 30.3 Å². The van der Waals surface area contributed by atoms with Gasteiger partial charge in [0.15, 0.2) is 0 Å². The lowest BCUT2D eigenvalue weighted by molar-refractivity contribution is 0.0141. The lowest BCUT2D eigenvalue weighted by Gasteiger charge is -2.37. The summed E-state index contributed by atoms with van der Waals surface area (Å²) < 4.78 is 5.31. The van der Waals surface area contributed by atoms with Crippen LogP contribution in [0.3, 0.4) is 0 Å². The SMILES string of the molecule is CCC(Cc1ccccc1)NC1CC(OC)C1. The van der Waals surface area contributed by atoms with Crippen LogP contribution in [0.2, 0.25) is 0 Å². The van der Waals surface area contributed by atoms with Crippen molar-refractivity contribution in [1.29, 1.82) is 0 Å². The Labute approximate surface area is 104 Å². The van der Waals surface area contributed by atoms with Gasteiger partial charge in [0.05, 0.1) is 6.10 Å². The molecule has 94 valence electrons. The number of hydrogen-bond acceptors (Lipinski definition) is 2. The van der Waals surface area contributed by atoms with Crippen molar-refractivity contribution >= 4 is 0 Å². The van der Waals surface area contributed by atoms with E-state index in [0.717, 1.165) is 6.42 Å². The molecule has 1 unspecified atom stereocenters. The Hall–Kier alpha value is -0.860. The standard InChI is InChI=1S/C15H23NO/c1-3-13(9-12-7-5-4-6-8-12)16-14-10-15(11-14)17-2/h4-8,13-16H,3,9-11H2,1-2H3. The van der Waals surface area contributed by atoms with Crippen molar-refractivity contribution < 1.29 is 4.74 Å². The molecular formula is C15H23NO. The molecule has 0 radical (unpaired) electrons. The molecule has 2 heteroatoms. The average Bonchev–Trinajstić information content (AvgIpc) is 2.33. The van der Waals surface area contributed by atoms with Crippen molar-refractivity contribution in [2.45, 2.75) is 50.8 Å². The first-order chi connectivity index (χ1) is 8.31. The van der Waals surface area contributed by atoms with Gasteiger partial charge in [0.2, 0.25) is 0 Å². The van der Waals surface area contributed by atoms with Crippen LogP contribution in [0.25, 0.3) is 0 Å². The maximum Gasteiger partial charge on any atom is 0.0601 e. The van der Waals surface area contributed by atoms with Gasteiger partial charge in [-0.05, 0) is 31.2 Å². The fraction of sp³-hybridized carbons (Fsp3) is 0.600. The summed E-state index contributed by atoms with van der Waals surface area (Å²) in [5.41, 5.74) is 1.43. The zero-order valence-electron chi connectivity index (χ0n) is 10.9. The van der Waals surface area contributed by atoms with Gasteiger partial charge in [0.1, 0.15) is 0 Å². The number of ether oxygens (including phenoxy) is 1. The van der Waals surface area contributed by atoms with Crippen molar-refractivity contribution in [2.75, 3.05) is 7.11 Å². The zero-order chi connectivity index (χ0) is 12.1. The van der Waals surface area contributed by atoms with E-state index in [-0.39, 0.29) is 0 Å². The van der Waals surface area contributed by atoms with Crippen molar-refractivity contribution in [1.82, 2.24) is 5.32 Å². The minimum Gasteiger partial charge on any atom is -0.381 e. The van der Waals surface area contributed by atoms with Gasteiger partial charge in [-0.3, -0.25) is 0 Å². The monoisotopic (exact) mass is 233 g/mol. The van der Waals surface area contributed by atoms with E-state index in [9.17, 15) is 0 Å². The molecule has 0 aliphatic heterocycles. The first kappa shape index (κ1) is 12.6. The Morgan fingerprint density at radius 2 is 2.00 bits per heavy atom. The topological polar surface area (TPSA) is 21.3 Å². The van der Waals surface area contributed by atoms with Crippen LogP contribution < -0.4 is 5.32 Å². The number of hydrogen-bond donors (Lipinski definition) is 1. The maximum absolute atomic E-state index is 5.31. The molecule has 1 N–H and O–H groups in total. The zero-order valence-corrected chi connectivity index (χ0v) is 10.9. The summed E-state index contributed by atoms with van der Waals surface area (Å²) in [6.45, 7) is 2.26. The van der Waals surface area contributed by atoms with Crippen LogP contribution in [-0.2, 0) is 11.2 Å². The van der Waals surface area contributed by atoms with Crippen LogP contribution in [0, 0.1) is 0 Å². The summed E-state index contributed by atoms with van der Waals surface area (Å²) in [4.78, 5) is 0. The lowest BCUT2D eigenvalue weighted by Crippen LogP contribution is -2.49. The number of benzene rings is 1. The van der Waals surface area contributed by atoms with E-state index in [1.54, 1.807) is 0 Å². The fourth-order valence-electron chi connectivity index (χ4n) is 2.45. The normalized spacial score (nSPS) is 25.3. The van der Waals surface area contributed by atoms with Crippen LogP contribution in [0.4, 0.5) is 0 Å². The number of rotatable bonds is 6. The summed E-state index contributed by atoms with van der Waals surface area (Å²) in [5.74, 6) is 0. The Morgan fingerprint density at radius 3 is 2.59 bits per heavy atom. The highest BCUT2D eigenvalue weighted by Gasteiger charge is 2.29. The largest absolute Gasteiger partial charge is 0.381 e. The molecule has 2 rings (SSSR count). The van der Waals surface area contributed by atoms with E-state index < -0.39 is 0 Å². The summed E-state index contributed by atoms with van der Waals surface area (Å²) in [7, 11) is 1.81. The van der Waals surface area contributed by atoms with E-state index in [0.29, 0.717) is 18.2 Å². The molecular weight excluding hydrogens is 210 g/mol. The van der Waals surface area contributed by atoms with Gasteiger partial charge >= 0.3 is 0 Å².